The molecule has 1 atom stereocenters. The second-order valence-corrected chi connectivity index (χ2v) is 6.09. The van der Waals surface area contributed by atoms with Crippen LogP contribution in [-0.2, 0) is 4.79 Å². The molecule has 2 aliphatic carbocycles. The lowest BCUT2D eigenvalue weighted by Crippen LogP contribution is -2.44. The first-order valence-electron chi connectivity index (χ1n) is 7.17. The number of carbonyl (C=O) groups excluding carboxylic acids is 1. The van der Waals surface area contributed by atoms with Gasteiger partial charge < -0.3 is 11.1 Å². The molecule has 3 N–H and O–H groups in total. The first-order chi connectivity index (χ1) is 8.17. The van der Waals surface area contributed by atoms with Gasteiger partial charge in [-0.3, -0.25) is 4.79 Å². The third kappa shape index (κ3) is 3.44. The average Bonchev–Trinajstić information content (AvgIpc) is 3.06. The van der Waals surface area contributed by atoms with Gasteiger partial charge in [-0.25, -0.2) is 0 Å². The second kappa shape index (κ2) is 5.38. The van der Waals surface area contributed by atoms with Crippen LogP contribution < -0.4 is 11.1 Å². The van der Waals surface area contributed by atoms with Crippen LogP contribution in [-0.4, -0.2) is 18.5 Å². The summed E-state index contributed by atoms with van der Waals surface area (Å²) in [6.45, 7) is 2.83. The van der Waals surface area contributed by atoms with Gasteiger partial charge in [0.05, 0.1) is 0 Å². The molecule has 0 radical (unpaired) electrons. The Bertz CT molecular complexity index is 264. The fraction of sp³-hybridized carbons (Fsp3) is 0.929. The number of hydrogen-bond acceptors (Lipinski definition) is 2. The predicted molar refractivity (Wildman–Crippen MR) is 69.5 cm³/mol. The summed E-state index contributed by atoms with van der Waals surface area (Å²) in [5.41, 5.74) is 5.93. The van der Waals surface area contributed by atoms with Crippen LogP contribution in [0.4, 0.5) is 0 Å². The Balaban J connectivity index is 1.74. The van der Waals surface area contributed by atoms with E-state index in [1.54, 1.807) is 0 Å². The maximum absolute atomic E-state index is 12.0. The van der Waals surface area contributed by atoms with E-state index in [1.165, 1.54) is 25.7 Å². The molecule has 2 rings (SSSR count). The van der Waals surface area contributed by atoms with Crippen LogP contribution in [0, 0.1) is 11.3 Å². The lowest BCUT2D eigenvalue weighted by Gasteiger charge is -2.40. The van der Waals surface area contributed by atoms with Crippen molar-refractivity contribution in [2.45, 2.75) is 64.3 Å². The van der Waals surface area contributed by atoms with Crippen molar-refractivity contribution in [3.63, 3.8) is 0 Å². The van der Waals surface area contributed by atoms with Crippen molar-refractivity contribution in [1.82, 2.24) is 5.32 Å². The molecule has 0 aromatic rings. The second-order valence-electron chi connectivity index (χ2n) is 6.09. The smallest absolute Gasteiger partial charge is 0.220 e. The third-order valence-corrected chi connectivity index (χ3v) is 4.56. The quantitative estimate of drug-likeness (QED) is 0.714. The summed E-state index contributed by atoms with van der Waals surface area (Å²) < 4.78 is 0. The Labute approximate surface area is 105 Å². The number of amides is 1. The predicted octanol–water partition coefficient (Wildman–Crippen LogP) is 2.20. The van der Waals surface area contributed by atoms with Crippen molar-refractivity contribution in [3.8, 4) is 0 Å². The lowest BCUT2D eigenvalue weighted by molar-refractivity contribution is -0.125. The van der Waals surface area contributed by atoms with E-state index < -0.39 is 0 Å². The molecule has 0 bridgehead atoms. The topological polar surface area (TPSA) is 55.1 Å². The molecular weight excluding hydrogens is 212 g/mol. The fourth-order valence-corrected chi connectivity index (χ4v) is 2.83. The molecule has 0 spiro atoms. The fourth-order valence-electron chi connectivity index (χ4n) is 2.83. The third-order valence-electron chi connectivity index (χ3n) is 4.56. The molecule has 2 aliphatic rings. The van der Waals surface area contributed by atoms with E-state index in [0.29, 0.717) is 19.0 Å². The zero-order valence-corrected chi connectivity index (χ0v) is 11.0. The van der Waals surface area contributed by atoms with E-state index in [4.69, 9.17) is 5.73 Å². The van der Waals surface area contributed by atoms with Crippen LogP contribution in [0.1, 0.15) is 58.3 Å². The van der Waals surface area contributed by atoms with Crippen LogP contribution >= 0.6 is 0 Å². The summed E-state index contributed by atoms with van der Waals surface area (Å²) in [7, 11) is 0. The number of nitrogens with one attached hydrogen (secondary N) is 1. The molecule has 3 heteroatoms. The average molecular weight is 238 g/mol. The zero-order valence-electron chi connectivity index (χ0n) is 11.0. The summed E-state index contributed by atoms with van der Waals surface area (Å²) in [5.74, 6) is 1.11. The number of nitrogens with two attached hydrogens (primary N) is 1. The van der Waals surface area contributed by atoms with Gasteiger partial charge in [-0.2, -0.15) is 0 Å². The molecule has 98 valence electrons. The standard InChI is InChI=1S/C14H26N2O/c1-2-12(8-11-4-5-11)16-13(17)9-14(10-15)6-3-7-14/h11-12H,2-10,15H2,1H3,(H,16,17). The van der Waals surface area contributed by atoms with E-state index in [2.05, 4.69) is 12.2 Å². The van der Waals surface area contributed by atoms with Crippen LogP contribution in [0.2, 0.25) is 0 Å². The lowest BCUT2D eigenvalue weighted by atomic mass is 9.66. The van der Waals surface area contributed by atoms with Crippen LogP contribution in [0.3, 0.4) is 0 Å². The van der Waals surface area contributed by atoms with Gasteiger partial charge in [0.1, 0.15) is 0 Å². The molecule has 17 heavy (non-hydrogen) atoms. The maximum Gasteiger partial charge on any atom is 0.220 e. The first-order valence-corrected chi connectivity index (χ1v) is 7.17. The number of carbonyl (C=O) groups is 1. The molecule has 0 aliphatic heterocycles. The highest BCUT2D eigenvalue weighted by Crippen LogP contribution is 2.43. The van der Waals surface area contributed by atoms with Gasteiger partial charge in [0, 0.05) is 12.5 Å². The molecule has 3 nitrogen and oxygen atoms in total. The summed E-state index contributed by atoms with van der Waals surface area (Å²) in [5, 5.41) is 3.20. The molecular formula is C14H26N2O. The summed E-state index contributed by atoms with van der Waals surface area (Å²) in [6.07, 6.45) is 9.11. The van der Waals surface area contributed by atoms with Crippen molar-refractivity contribution in [1.29, 1.82) is 0 Å². The molecule has 0 heterocycles. The van der Waals surface area contributed by atoms with Gasteiger partial charge in [-0.05, 0) is 43.6 Å². The van der Waals surface area contributed by atoms with Gasteiger partial charge in [-0.15, -0.1) is 0 Å². The molecule has 2 saturated carbocycles. The number of rotatable bonds is 7. The van der Waals surface area contributed by atoms with E-state index in [-0.39, 0.29) is 11.3 Å². The molecule has 0 aromatic carbocycles. The van der Waals surface area contributed by atoms with Gasteiger partial charge in [-0.1, -0.05) is 26.2 Å². The van der Waals surface area contributed by atoms with Crippen molar-refractivity contribution in [3.05, 3.63) is 0 Å². The highest BCUT2D eigenvalue weighted by molar-refractivity contribution is 5.77. The Kier molecular flexibility index (Phi) is 4.08. The SMILES string of the molecule is CCC(CC1CC1)NC(=O)CC1(CN)CCC1. The molecule has 0 aromatic heterocycles. The van der Waals surface area contributed by atoms with Crippen LogP contribution in [0.15, 0.2) is 0 Å². The summed E-state index contributed by atoms with van der Waals surface area (Å²) in [4.78, 5) is 12.0. The van der Waals surface area contributed by atoms with Crippen molar-refractivity contribution in [2.75, 3.05) is 6.54 Å². The van der Waals surface area contributed by atoms with Crippen LogP contribution in [0.25, 0.3) is 0 Å². The van der Waals surface area contributed by atoms with Crippen molar-refractivity contribution >= 4 is 5.91 Å². The monoisotopic (exact) mass is 238 g/mol. The summed E-state index contributed by atoms with van der Waals surface area (Å²) in [6, 6.07) is 0.393. The Morgan fingerprint density at radius 1 is 1.47 bits per heavy atom. The molecule has 1 amide bonds. The van der Waals surface area contributed by atoms with Crippen molar-refractivity contribution in [2.24, 2.45) is 17.1 Å². The van der Waals surface area contributed by atoms with Gasteiger partial charge in [0.15, 0.2) is 0 Å². The van der Waals surface area contributed by atoms with E-state index in [9.17, 15) is 4.79 Å². The zero-order chi connectivity index (χ0) is 12.3. The largest absolute Gasteiger partial charge is 0.353 e. The molecule has 0 saturated heterocycles. The van der Waals surface area contributed by atoms with E-state index >= 15 is 0 Å². The van der Waals surface area contributed by atoms with E-state index in [0.717, 1.165) is 25.2 Å². The van der Waals surface area contributed by atoms with Gasteiger partial charge in [0.25, 0.3) is 0 Å². The molecule has 2 fully saturated rings. The Morgan fingerprint density at radius 3 is 2.59 bits per heavy atom. The van der Waals surface area contributed by atoms with Gasteiger partial charge >= 0.3 is 0 Å². The van der Waals surface area contributed by atoms with Crippen molar-refractivity contribution < 1.29 is 4.79 Å². The first kappa shape index (κ1) is 12.9. The molecule has 1 unspecified atom stereocenters. The Hall–Kier alpha value is -0.570. The minimum Gasteiger partial charge on any atom is -0.353 e. The maximum atomic E-state index is 12.0. The normalized spacial score (nSPS) is 23.9. The minimum absolute atomic E-state index is 0.141. The Morgan fingerprint density at radius 2 is 2.18 bits per heavy atom. The van der Waals surface area contributed by atoms with Crippen LogP contribution in [0.5, 0.6) is 0 Å². The summed E-state index contributed by atoms with van der Waals surface area (Å²) >= 11 is 0. The van der Waals surface area contributed by atoms with E-state index in [1.807, 2.05) is 0 Å². The highest BCUT2D eigenvalue weighted by Gasteiger charge is 2.38. The number of hydrogen-bond donors (Lipinski definition) is 2. The van der Waals surface area contributed by atoms with Gasteiger partial charge in [0.2, 0.25) is 5.91 Å². The highest BCUT2D eigenvalue weighted by atomic mass is 16.1. The minimum atomic E-state index is 0.141.